The van der Waals surface area contributed by atoms with Crippen molar-refractivity contribution in [3.8, 4) is 5.75 Å². The third kappa shape index (κ3) is 2.78. The number of benzene rings is 1. The lowest BCUT2D eigenvalue weighted by atomic mass is 9.90. The molecule has 0 aromatic heterocycles. The number of ether oxygens (including phenoxy) is 1. The monoisotopic (exact) mass is 246 g/mol. The van der Waals surface area contributed by atoms with Gasteiger partial charge in [-0.25, -0.2) is 0 Å². The smallest absolute Gasteiger partial charge is 0.172 e. The summed E-state index contributed by atoms with van der Waals surface area (Å²) >= 11 is 0. The van der Waals surface area contributed by atoms with Gasteiger partial charge in [-0.15, -0.1) is 0 Å². The molecule has 0 N–H and O–H groups in total. The molecule has 3 nitrogen and oxygen atoms in total. The van der Waals surface area contributed by atoms with Gasteiger partial charge in [-0.05, 0) is 36.6 Å². The summed E-state index contributed by atoms with van der Waals surface area (Å²) in [6, 6.07) is 5.47. The second kappa shape index (κ2) is 5.34. The predicted octanol–water partition coefficient (Wildman–Crippen LogP) is 2.81. The molecule has 1 aliphatic carbocycles. The van der Waals surface area contributed by atoms with Gasteiger partial charge in [0.1, 0.15) is 12.4 Å². The quantitative estimate of drug-likeness (QED) is 0.820. The number of hydrogen-bond acceptors (Lipinski definition) is 3. The Hall–Kier alpha value is -1.64. The Kier molecular flexibility index (Phi) is 3.80. The zero-order valence-electron chi connectivity index (χ0n) is 10.9. The van der Waals surface area contributed by atoms with Gasteiger partial charge in [0.15, 0.2) is 11.6 Å². The van der Waals surface area contributed by atoms with Gasteiger partial charge in [-0.3, -0.25) is 9.59 Å². The molecule has 0 amide bonds. The molecule has 3 heteroatoms. The normalized spacial score (nSPS) is 14.5. The summed E-state index contributed by atoms with van der Waals surface area (Å²) < 4.78 is 5.47. The number of Topliss-reactive ketones (excluding diaryl/α,β-unsaturated/α-hetero) is 2. The minimum atomic E-state index is -0.01000. The molecule has 0 saturated heterocycles. The highest BCUT2D eigenvalue weighted by atomic mass is 16.5. The van der Waals surface area contributed by atoms with E-state index in [4.69, 9.17) is 4.74 Å². The zero-order valence-corrected chi connectivity index (χ0v) is 10.9. The van der Waals surface area contributed by atoms with Crippen LogP contribution in [0.2, 0.25) is 0 Å². The SMILES string of the molecule is CC(C)C(=O)COc1ccc2c(c1)CCCC2=O. The molecule has 1 aliphatic rings. The van der Waals surface area contributed by atoms with Crippen LogP contribution in [0.25, 0.3) is 0 Å². The van der Waals surface area contributed by atoms with E-state index in [9.17, 15) is 9.59 Å². The summed E-state index contributed by atoms with van der Waals surface area (Å²) in [5, 5.41) is 0. The number of hydrogen-bond donors (Lipinski definition) is 0. The lowest BCUT2D eigenvalue weighted by Gasteiger charge is -2.16. The van der Waals surface area contributed by atoms with Gasteiger partial charge in [0.05, 0.1) is 0 Å². The fraction of sp³-hybridized carbons (Fsp3) is 0.467. The van der Waals surface area contributed by atoms with Crippen LogP contribution in [0.3, 0.4) is 0 Å². The summed E-state index contributed by atoms with van der Waals surface area (Å²) in [6.45, 7) is 3.82. The lowest BCUT2D eigenvalue weighted by Crippen LogP contribution is -2.17. The molecule has 0 aliphatic heterocycles. The number of fused-ring (bicyclic) bond motifs is 1. The molecule has 1 aromatic rings. The second-order valence-electron chi connectivity index (χ2n) is 5.01. The first-order chi connectivity index (χ1) is 8.58. The van der Waals surface area contributed by atoms with Crippen LogP contribution in [0.1, 0.15) is 42.6 Å². The minimum absolute atomic E-state index is 0.01000. The highest BCUT2D eigenvalue weighted by Gasteiger charge is 2.17. The Morgan fingerprint density at radius 3 is 2.83 bits per heavy atom. The van der Waals surface area contributed by atoms with E-state index in [-0.39, 0.29) is 24.1 Å². The molecule has 96 valence electrons. The molecule has 0 bridgehead atoms. The third-order valence-corrected chi connectivity index (χ3v) is 3.25. The molecule has 0 fully saturated rings. The number of rotatable bonds is 4. The summed E-state index contributed by atoms with van der Waals surface area (Å²) in [4.78, 5) is 23.1. The topological polar surface area (TPSA) is 43.4 Å². The Morgan fingerprint density at radius 2 is 2.11 bits per heavy atom. The first-order valence-corrected chi connectivity index (χ1v) is 6.39. The minimum Gasteiger partial charge on any atom is -0.486 e. The van der Waals surface area contributed by atoms with Crippen molar-refractivity contribution in [2.75, 3.05) is 6.61 Å². The molecule has 0 spiro atoms. The molecule has 18 heavy (non-hydrogen) atoms. The van der Waals surface area contributed by atoms with E-state index in [2.05, 4.69) is 0 Å². The summed E-state index contributed by atoms with van der Waals surface area (Å²) in [6.07, 6.45) is 2.45. The number of ketones is 2. The van der Waals surface area contributed by atoms with Gasteiger partial charge in [0.2, 0.25) is 0 Å². The maximum Gasteiger partial charge on any atom is 0.172 e. The van der Waals surface area contributed by atoms with Crippen molar-refractivity contribution in [3.05, 3.63) is 29.3 Å². The molecule has 1 aromatic carbocycles. The van der Waals surface area contributed by atoms with Gasteiger partial charge in [0.25, 0.3) is 0 Å². The number of carbonyl (C=O) groups excluding carboxylic acids is 2. The fourth-order valence-electron chi connectivity index (χ4n) is 2.03. The maximum absolute atomic E-state index is 11.7. The molecule has 0 saturated carbocycles. The van der Waals surface area contributed by atoms with Crippen molar-refractivity contribution in [2.24, 2.45) is 5.92 Å². The largest absolute Gasteiger partial charge is 0.486 e. The summed E-state index contributed by atoms with van der Waals surface area (Å²) in [5.74, 6) is 0.964. The van der Waals surface area contributed by atoms with Gasteiger partial charge in [-0.1, -0.05) is 13.8 Å². The highest BCUT2D eigenvalue weighted by molar-refractivity contribution is 5.98. The third-order valence-electron chi connectivity index (χ3n) is 3.25. The van der Waals surface area contributed by atoms with Crippen LogP contribution in [0, 0.1) is 5.92 Å². The predicted molar refractivity (Wildman–Crippen MR) is 69.1 cm³/mol. The lowest BCUT2D eigenvalue weighted by molar-refractivity contribution is -0.123. The van der Waals surface area contributed by atoms with Crippen LogP contribution in [0.5, 0.6) is 5.75 Å². The Balaban J connectivity index is 2.07. The first-order valence-electron chi connectivity index (χ1n) is 6.39. The Labute approximate surface area is 107 Å². The molecule has 0 atom stereocenters. The van der Waals surface area contributed by atoms with E-state index in [1.54, 1.807) is 6.07 Å². The van der Waals surface area contributed by atoms with E-state index in [1.807, 2.05) is 26.0 Å². The van der Waals surface area contributed by atoms with E-state index in [1.165, 1.54) is 0 Å². The van der Waals surface area contributed by atoms with Gasteiger partial charge in [-0.2, -0.15) is 0 Å². The molecule has 2 rings (SSSR count). The van der Waals surface area contributed by atoms with Crippen LogP contribution in [-0.4, -0.2) is 18.2 Å². The summed E-state index contributed by atoms with van der Waals surface area (Å²) in [5.41, 5.74) is 1.85. The van der Waals surface area contributed by atoms with Crippen molar-refractivity contribution in [1.82, 2.24) is 0 Å². The van der Waals surface area contributed by atoms with Crippen molar-refractivity contribution >= 4 is 11.6 Å². The maximum atomic E-state index is 11.7. The average molecular weight is 246 g/mol. The second-order valence-corrected chi connectivity index (χ2v) is 5.01. The van der Waals surface area contributed by atoms with Crippen molar-refractivity contribution < 1.29 is 14.3 Å². The van der Waals surface area contributed by atoms with Crippen LogP contribution in [0.4, 0.5) is 0 Å². The zero-order chi connectivity index (χ0) is 13.1. The highest BCUT2D eigenvalue weighted by Crippen LogP contribution is 2.25. The Bertz CT molecular complexity index is 475. The van der Waals surface area contributed by atoms with Crippen LogP contribution < -0.4 is 4.74 Å². The fourth-order valence-corrected chi connectivity index (χ4v) is 2.03. The Morgan fingerprint density at radius 1 is 1.33 bits per heavy atom. The summed E-state index contributed by atoms with van der Waals surface area (Å²) in [7, 11) is 0. The van der Waals surface area contributed by atoms with Crippen LogP contribution in [-0.2, 0) is 11.2 Å². The number of aryl methyl sites for hydroxylation is 1. The number of carbonyl (C=O) groups is 2. The van der Waals surface area contributed by atoms with E-state index in [0.29, 0.717) is 12.2 Å². The molecular weight excluding hydrogens is 228 g/mol. The molecule has 0 heterocycles. The van der Waals surface area contributed by atoms with Gasteiger partial charge in [0, 0.05) is 17.9 Å². The first kappa shape index (κ1) is 12.8. The van der Waals surface area contributed by atoms with E-state index >= 15 is 0 Å². The molecular formula is C15H18O3. The molecule has 0 radical (unpaired) electrons. The standard InChI is InChI=1S/C15H18O3/c1-10(2)15(17)9-18-12-6-7-13-11(8-12)4-3-5-14(13)16/h6-8,10H,3-5,9H2,1-2H3. The van der Waals surface area contributed by atoms with E-state index in [0.717, 1.165) is 24.0 Å². The van der Waals surface area contributed by atoms with Crippen molar-refractivity contribution in [2.45, 2.75) is 33.1 Å². The van der Waals surface area contributed by atoms with Crippen molar-refractivity contribution in [3.63, 3.8) is 0 Å². The van der Waals surface area contributed by atoms with Gasteiger partial charge < -0.3 is 4.74 Å². The molecule has 0 unspecified atom stereocenters. The van der Waals surface area contributed by atoms with Crippen LogP contribution in [0.15, 0.2) is 18.2 Å². The average Bonchev–Trinajstić information content (AvgIpc) is 2.36. The van der Waals surface area contributed by atoms with Crippen molar-refractivity contribution in [1.29, 1.82) is 0 Å². The van der Waals surface area contributed by atoms with Crippen LogP contribution >= 0.6 is 0 Å². The van der Waals surface area contributed by atoms with E-state index < -0.39 is 0 Å². The van der Waals surface area contributed by atoms with Gasteiger partial charge >= 0.3 is 0 Å².